The van der Waals surface area contributed by atoms with Gasteiger partial charge in [0.15, 0.2) is 0 Å². The lowest BCUT2D eigenvalue weighted by atomic mass is 9.49. The summed E-state index contributed by atoms with van der Waals surface area (Å²) in [6.45, 7) is 7.93. The predicted octanol–water partition coefficient (Wildman–Crippen LogP) is 4.02. The van der Waals surface area contributed by atoms with Crippen LogP contribution < -0.4 is 0 Å². The topological polar surface area (TPSA) is 29.5 Å². The fourth-order valence-corrected chi connectivity index (χ4v) is 4.70. The van der Waals surface area contributed by atoms with E-state index in [2.05, 4.69) is 20.8 Å². The Balaban J connectivity index is 2.02. The monoisotopic (exact) mass is 268 g/mol. The third-order valence-corrected chi connectivity index (χ3v) is 6.59. The van der Waals surface area contributed by atoms with Crippen LogP contribution in [0.15, 0.2) is 0 Å². The Morgan fingerprint density at radius 3 is 2.63 bits per heavy atom. The Morgan fingerprint density at radius 1 is 1.21 bits per heavy atom. The lowest BCUT2D eigenvalue weighted by Gasteiger charge is -2.59. The summed E-state index contributed by atoms with van der Waals surface area (Å²) in [4.78, 5) is 0. The molecule has 0 spiro atoms. The summed E-state index contributed by atoms with van der Waals surface area (Å²) in [6.07, 6.45) is 8.07. The van der Waals surface area contributed by atoms with Gasteiger partial charge in [-0.2, -0.15) is 0 Å². The van der Waals surface area contributed by atoms with Gasteiger partial charge in [0.05, 0.1) is 5.60 Å². The minimum atomic E-state index is -0.408. The number of fused-ring (bicyclic) bond motifs is 1. The van der Waals surface area contributed by atoms with Crippen LogP contribution in [-0.4, -0.2) is 24.4 Å². The smallest absolute Gasteiger partial charge is 0.0706 e. The number of ether oxygens (including phenoxy) is 1. The molecule has 0 aromatic rings. The van der Waals surface area contributed by atoms with Crippen LogP contribution in [-0.2, 0) is 4.74 Å². The SMILES string of the molecule is COCCCC1CCC2(C)C(C)C(C)CCC2(O)C1. The van der Waals surface area contributed by atoms with Crippen LogP contribution in [0.3, 0.4) is 0 Å². The van der Waals surface area contributed by atoms with Gasteiger partial charge in [-0.3, -0.25) is 0 Å². The molecule has 2 heteroatoms. The molecule has 2 nitrogen and oxygen atoms in total. The standard InChI is InChI=1S/C17H32O2/c1-13-7-10-17(18)12-15(6-5-11-19-4)8-9-16(17,3)14(13)2/h13-15,18H,5-12H2,1-4H3. The van der Waals surface area contributed by atoms with Crippen molar-refractivity contribution in [2.75, 3.05) is 13.7 Å². The Hall–Kier alpha value is -0.0800. The lowest BCUT2D eigenvalue weighted by molar-refractivity contribution is -0.183. The Bertz CT molecular complexity index is 304. The average Bonchev–Trinajstić information content (AvgIpc) is 2.38. The summed E-state index contributed by atoms with van der Waals surface area (Å²) in [7, 11) is 1.77. The van der Waals surface area contributed by atoms with Crippen LogP contribution in [0.5, 0.6) is 0 Å². The molecule has 5 unspecified atom stereocenters. The minimum absolute atomic E-state index is 0.141. The Kier molecular flexibility index (Phi) is 4.62. The molecule has 0 amide bonds. The van der Waals surface area contributed by atoms with E-state index in [9.17, 15) is 5.11 Å². The maximum Gasteiger partial charge on any atom is 0.0706 e. The van der Waals surface area contributed by atoms with Crippen molar-refractivity contribution >= 4 is 0 Å². The van der Waals surface area contributed by atoms with Gasteiger partial charge >= 0.3 is 0 Å². The van der Waals surface area contributed by atoms with Gasteiger partial charge < -0.3 is 9.84 Å². The van der Waals surface area contributed by atoms with Gasteiger partial charge in [0.2, 0.25) is 0 Å². The van der Waals surface area contributed by atoms with Crippen molar-refractivity contribution in [1.29, 1.82) is 0 Å². The van der Waals surface area contributed by atoms with E-state index in [4.69, 9.17) is 4.74 Å². The van der Waals surface area contributed by atoms with Crippen molar-refractivity contribution in [2.45, 2.75) is 71.3 Å². The van der Waals surface area contributed by atoms with Crippen LogP contribution in [0.1, 0.15) is 65.7 Å². The fourth-order valence-electron chi connectivity index (χ4n) is 4.70. The molecule has 5 atom stereocenters. The van der Waals surface area contributed by atoms with Gasteiger partial charge in [0.25, 0.3) is 0 Å². The summed E-state index contributed by atoms with van der Waals surface area (Å²) in [5.74, 6) is 2.11. The molecule has 2 aliphatic rings. The van der Waals surface area contributed by atoms with Crippen LogP contribution in [0.4, 0.5) is 0 Å². The first kappa shape index (κ1) is 15.3. The molecule has 0 saturated heterocycles. The van der Waals surface area contributed by atoms with Crippen molar-refractivity contribution < 1.29 is 9.84 Å². The van der Waals surface area contributed by atoms with Crippen LogP contribution in [0.25, 0.3) is 0 Å². The van der Waals surface area contributed by atoms with E-state index in [1.807, 2.05) is 0 Å². The van der Waals surface area contributed by atoms with Gasteiger partial charge in [-0.15, -0.1) is 0 Å². The van der Waals surface area contributed by atoms with E-state index in [1.54, 1.807) is 7.11 Å². The highest BCUT2D eigenvalue weighted by atomic mass is 16.5. The minimum Gasteiger partial charge on any atom is -0.389 e. The Labute approximate surface area is 118 Å². The molecule has 0 heterocycles. The number of rotatable bonds is 4. The van der Waals surface area contributed by atoms with E-state index in [1.165, 1.54) is 25.7 Å². The number of methoxy groups -OCH3 is 1. The molecule has 2 rings (SSSR count). The molecule has 0 aromatic carbocycles. The van der Waals surface area contributed by atoms with Crippen molar-refractivity contribution in [3.63, 3.8) is 0 Å². The van der Waals surface area contributed by atoms with Gasteiger partial charge in [0.1, 0.15) is 0 Å². The van der Waals surface area contributed by atoms with Gasteiger partial charge in [-0.05, 0) is 68.1 Å². The van der Waals surface area contributed by atoms with Crippen LogP contribution in [0, 0.1) is 23.2 Å². The predicted molar refractivity (Wildman–Crippen MR) is 79.1 cm³/mol. The fraction of sp³-hybridized carbons (Fsp3) is 1.00. The first-order valence-corrected chi connectivity index (χ1v) is 8.14. The first-order valence-electron chi connectivity index (χ1n) is 8.14. The molecule has 2 aliphatic carbocycles. The average molecular weight is 268 g/mol. The zero-order valence-electron chi connectivity index (χ0n) is 13.2. The third-order valence-electron chi connectivity index (χ3n) is 6.59. The van der Waals surface area contributed by atoms with Gasteiger partial charge in [-0.25, -0.2) is 0 Å². The molecule has 0 aromatic heterocycles. The second kappa shape index (κ2) is 5.73. The second-order valence-corrected chi connectivity index (χ2v) is 7.50. The van der Waals surface area contributed by atoms with Crippen molar-refractivity contribution in [3.05, 3.63) is 0 Å². The summed E-state index contributed by atoms with van der Waals surface area (Å²) in [6, 6.07) is 0. The summed E-state index contributed by atoms with van der Waals surface area (Å²) >= 11 is 0. The highest BCUT2D eigenvalue weighted by molar-refractivity contribution is 5.07. The van der Waals surface area contributed by atoms with Crippen molar-refractivity contribution in [2.24, 2.45) is 23.2 Å². The summed E-state index contributed by atoms with van der Waals surface area (Å²) < 4.78 is 5.15. The maximum atomic E-state index is 11.2. The van der Waals surface area contributed by atoms with Gasteiger partial charge in [0, 0.05) is 13.7 Å². The summed E-state index contributed by atoms with van der Waals surface area (Å²) in [5, 5.41) is 11.2. The molecule has 0 bridgehead atoms. The van der Waals surface area contributed by atoms with Crippen LogP contribution >= 0.6 is 0 Å². The zero-order valence-corrected chi connectivity index (χ0v) is 13.2. The molecular formula is C17H32O2. The number of aliphatic hydroxyl groups is 1. The quantitative estimate of drug-likeness (QED) is 0.780. The lowest BCUT2D eigenvalue weighted by Crippen LogP contribution is -2.58. The largest absolute Gasteiger partial charge is 0.389 e. The van der Waals surface area contributed by atoms with Crippen molar-refractivity contribution in [1.82, 2.24) is 0 Å². The molecule has 0 radical (unpaired) electrons. The number of hydrogen-bond acceptors (Lipinski definition) is 2. The highest BCUT2D eigenvalue weighted by Crippen LogP contribution is 2.58. The van der Waals surface area contributed by atoms with E-state index >= 15 is 0 Å². The molecule has 2 saturated carbocycles. The molecule has 2 fully saturated rings. The van der Waals surface area contributed by atoms with E-state index < -0.39 is 5.60 Å². The maximum absolute atomic E-state index is 11.2. The zero-order chi connectivity index (χ0) is 14.1. The molecular weight excluding hydrogens is 236 g/mol. The van der Waals surface area contributed by atoms with Crippen LogP contribution in [0.2, 0.25) is 0 Å². The molecule has 0 aliphatic heterocycles. The van der Waals surface area contributed by atoms with E-state index in [0.29, 0.717) is 11.8 Å². The highest BCUT2D eigenvalue weighted by Gasteiger charge is 2.56. The Morgan fingerprint density at radius 2 is 1.95 bits per heavy atom. The van der Waals surface area contributed by atoms with E-state index in [0.717, 1.165) is 31.8 Å². The number of hydrogen-bond donors (Lipinski definition) is 1. The first-order chi connectivity index (χ1) is 8.93. The molecule has 19 heavy (non-hydrogen) atoms. The second-order valence-electron chi connectivity index (χ2n) is 7.50. The van der Waals surface area contributed by atoms with Gasteiger partial charge in [-0.1, -0.05) is 20.8 Å². The molecule has 1 N–H and O–H groups in total. The third kappa shape index (κ3) is 2.71. The summed E-state index contributed by atoms with van der Waals surface area (Å²) in [5.41, 5.74) is -0.267. The molecule has 112 valence electrons. The van der Waals surface area contributed by atoms with E-state index in [-0.39, 0.29) is 5.41 Å². The normalized spacial score (nSPS) is 46.9. The van der Waals surface area contributed by atoms with Crippen molar-refractivity contribution in [3.8, 4) is 0 Å².